The first kappa shape index (κ1) is 14.5. The summed E-state index contributed by atoms with van der Waals surface area (Å²) in [4.78, 5) is 0. The zero-order chi connectivity index (χ0) is 10.5. The summed E-state index contributed by atoms with van der Waals surface area (Å²) in [6.07, 6.45) is 0. The first-order valence-electron chi connectivity index (χ1n) is 4.22. The molecule has 0 aliphatic heterocycles. The van der Waals surface area contributed by atoms with Gasteiger partial charge in [-0.1, -0.05) is 0 Å². The molecule has 0 rings (SSSR count). The Morgan fingerprint density at radius 3 is 1.23 bits per heavy atom. The third-order valence-corrected chi connectivity index (χ3v) is 8.42. The van der Waals surface area contributed by atoms with E-state index >= 15 is 0 Å². The van der Waals surface area contributed by atoms with Gasteiger partial charge in [0.1, 0.15) is 0 Å². The average Bonchev–Trinajstić information content (AvgIpc) is 1.81. The van der Waals surface area contributed by atoms with E-state index in [4.69, 9.17) is 7.56 Å². The molecule has 0 aromatic rings. The van der Waals surface area contributed by atoms with E-state index in [1.807, 2.05) is 41.5 Å². The van der Waals surface area contributed by atoms with Crippen molar-refractivity contribution in [3.05, 3.63) is 0 Å². The molecule has 0 fully saturated rings. The predicted molar refractivity (Wildman–Crippen MR) is 54.3 cm³/mol. The van der Waals surface area contributed by atoms with Crippen molar-refractivity contribution in [1.82, 2.24) is 0 Å². The Bertz CT molecular complexity index is 121. The molecule has 0 aliphatic rings. The van der Waals surface area contributed by atoms with Crippen LogP contribution in [0.1, 0.15) is 41.5 Å². The molecule has 4 radical (unpaired) electrons. The molecule has 0 amide bonds. The molecule has 0 aromatic heterocycles. The minimum absolute atomic E-state index is 0.0483. The SMILES string of the molecule is CC(C)(C)[O][Sn][O][Sn][O]C(C)(C)C. The Hall–Kier alpha value is 1.48. The van der Waals surface area contributed by atoms with Crippen molar-refractivity contribution in [2.24, 2.45) is 0 Å². The van der Waals surface area contributed by atoms with Crippen LogP contribution < -0.4 is 0 Å². The fraction of sp³-hybridized carbons (Fsp3) is 1.00. The van der Waals surface area contributed by atoms with Gasteiger partial charge in [0.25, 0.3) is 0 Å². The molecule has 0 atom stereocenters. The molecule has 0 unspecified atom stereocenters. The van der Waals surface area contributed by atoms with Crippen molar-refractivity contribution in [1.29, 1.82) is 0 Å². The maximum absolute atomic E-state index is 5.55. The van der Waals surface area contributed by atoms with Gasteiger partial charge in [-0.15, -0.1) is 0 Å². The standard InChI is InChI=1S/2C4H9O.O.2Sn/c2*1-4(2,3)5;;;/h2*1-3H3;;;/q2*-1;;2*+1. The third-order valence-electron chi connectivity index (χ3n) is 0.779. The number of rotatable bonds is 4. The van der Waals surface area contributed by atoms with E-state index in [2.05, 4.69) is 0 Å². The van der Waals surface area contributed by atoms with E-state index in [-0.39, 0.29) is 11.2 Å². The van der Waals surface area contributed by atoms with Gasteiger partial charge in [0.2, 0.25) is 0 Å². The van der Waals surface area contributed by atoms with Gasteiger partial charge in [-0.3, -0.25) is 0 Å². The molecule has 76 valence electrons. The predicted octanol–water partition coefficient (Wildman–Crippen LogP) is 1.70. The topological polar surface area (TPSA) is 27.7 Å². The van der Waals surface area contributed by atoms with Crippen LogP contribution in [0.15, 0.2) is 0 Å². The van der Waals surface area contributed by atoms with Crippen LogP contribution in [0.25, 0.3) is 0 Å². The average molecular weight is 400 g/mol. The fourth-order valence-electron chi connectivity index (χ4n) is 0.309. The van der Waals surface area contributed by atoms with Crippen LogP contribution in [0.2, 0.25) is 0 Å². The summed E-state index contributed by atoms with van der Waals surface area (Å²) < 4.78 is 16.6. The number of hydrogen-bond donors (Lipinski definition) is 0. The zero-order valence-corrected chi connectivity index (χ0v) is 14.9. The molecule has 0 saturated heterocycles. The van der Waals surface area contributed by atoms with E-state index in [0.717, 1.165) is 0 Å². The van der Waals surface area contributed by atoms with Crippen LogP contribution in [-0.2, 0) is 7.56 Å². The van der Waals surface area contributed by atoms with Gasteiger partial charge in [-0.25, -0.2) is 0 Å². The minimum atomic E-state index is -1.07. The van der Waals surface area contributed by atoms with Gasteiger partial charge in [-0.05, 0) is 0 Å². The summed E-state index contributed by atoms with van der Waals surface area (Å²) in [5.41, 5.74) is -0.0966. The van der Waals surface area contributed by atoms with Gasteiger partial charge in [-0.2, -0.15) is 0 Å². The Labute approximate surface area is 104 Å². The molecule has 0 aromatic carbocycles. The zero-order valence-electron chi connectivity index (χ0n) is 9.22. The molecular weight excluding hydrogens is 382 g/mol. The Morgan fingerprint density at radius 2 is 1.00 bits per heavy atom. The Morgan fingerprint density at radius 1 is 0.692 bits per heavy atom. The molecule has 0 N–H and O–H groups in total. The van der Waals surface area contributed by atoms with Crippen LogP contribution in [0.4, 0.5) is 0 Å². The third kappa shape index (κ3) is 13.5. The maximum atomic E-state index is 5.55. The molecular formula is C8H18O3Sn2. The van der Waals surface area contributed by atoms with E-state index in [1.54, 1.807) is 0 Å². The second-order valence-electron chi connectivity index (χ2n) is 4.70. The Balaban J connectivity index is 3.28. The van der Waals surface area contributed by atoms with Gasteiger partial charge in [0.05, 0.1) is 0 Å². The first-order valence-corrected chi connectivity index (χ1v) is 8.89. The second kappa shape index (κ2) is 6.15. The number of hydrogen-bond acceptors (Lipinski definition) is 3. The fourth-order valence-corrected chi connectivity index (χ4v) is 4.32. The molecule has 0 heterocycles. The second-order valence-corrected chi connectivity index (χ2v) is 11.3. The van der Waals surface area contributed by atoms with Crippen molar-refractivity contribution in [3.63, 3.8) is 0 Å². The molecule has 13 heavy (non-hydrogen) atoms. The summed E-state index contributed by atoms with van der Waals surface area (Å²) in [6.45, 7) is 12.3. The summed E-state index contributed by atoms with van der Waals surface area (Å²) in [6, 6.07) is 0. The van der Waals surface area contributed by atoms with Crippen molar-refractivity contribution in [3.8, 4) is 0 Å². The van der Waals surface area contributed by atoms with Gasteiger partial charge in [0.15, 0.2) is 0 Å². The molecule has 0 bridgehead atoms. The van der Waals surface area contributed by atoms with Crippen LogP contribution in [0.5, 0.6) is 0 Å². The van der Waals surface area contributed by atoms with Crippen LogP contribution in [0, 0.1) is 0 Å². The molecule has 0 spiro atoms. The van der Waals surface area contributed by atoms with E-state index in [9.17, 15) is 0 Å². The van der Waals surface area contributed by atoms with Crippen molar-refractivity contribution in [2.75, 3.05) is 0 Å². The summed E-state index contributed by atoms with van der Waals surface area (Å²) in [5.74, 6) is 0. The van der Waals surface area contributed by atoms with Gasteiger partial charge < -0.3 is 0 Å². The van der Waals surface area contributed by atoms with Crippen LogP contribution in [0.3, 0.4) is 0 Å². The van der Waals surface area contributed by atoms with Crippen molar-refractivity contribution >= 4 is 43.9 Å². The molecule has 3 nitrogen and oxygen atoms in total. The van der Waals surface area contributed by atoms with E-state index in [1.165, 1.54) is 0 Å². The van der Waals surface area contributed by atoms with Crippen molar-refractivity contribution < 1.29 is 7.56 Å². The monoisotopic (exact) mass is 402 g/mol. The quantitative estimate of drug-likeness (QED) is 0.532. The molecule has 5 heteroatoms. The summed E-state index contributed by atoms with van der Waals surface area (Å²) in [5, 5.41) is 0. The molecule has 0 saturated carbocycles. The Kier molecular flexibility index (Phi) is 6.84. The normalized spacial score (nSPS) is 13.4. The summed E-state index contributed by atoms with van der Waals surface area (Å²) in [7, 11) is 0. The van der Waals surface area contributed by atoms with E-state index in [0.29, 0.717) is 0 Å². The van der Waals surface area contributed by atoms with Gasteiger partial charge in [0, 0.05) is 0 Å². The summed E-state index contributed by atoms with van der Waals surface area (Å²) >= 11 is -2.14. The van der Waals surface area contributed by atoms with Crippen LogP contribution >= 0.6 is 0 Å². The molecule has 0 aliphatic carbocycles. The van der Waals surface area contributed by atoms with Crippen molar-refractivity contribution in [2.45, 2.75) is 52.7 Å². The van der Waals surface area contributed by atoms with Crippen LogP contribution in [-0.4, -0.2) is 55.1 Å². The first-order chi connectivity index (χ1) is 5.71. The van der Waals surface area contributed by atoms with E-state index < -0.39 is 43.9 Å². The van der Waals surface area contributed by atoms with Gasteiger partial charge >= 0.3 is 104 Å².